The van der Waals surface area contributed by atoms with Crippen LogP contribution >= 0.6 is 11.8 Å². The van der Waals surface area contributed by atoms with Gasteiger partial charge in [0.2, 0.25) is 0 Å². The Labute approximate surface area is 170 Å². The number of aromatic nitrogens is 3. The van der Waals surface area contributed by atoms with E-state index in [4.69, 9.17) is 4.74 Å². The summed E-state index contributed by atoms with van der Waals surface area (Å²) < 4.78 is 7.59. The lowest BCUT2D eigenvalue weighted by molar-refractivity contribution is 0.319. The van der Waals surface area contributed by atoms with Gasteiger partial charge in [0, 0.05) is 10.9 Å². The van der Waals surface area contributed by atoms with Gasteiger partial charge in [0.15, 0.2) is 11.0 Å². The van der Waals surface area contributed by atoms with Crippen LogP contribution in [-0.4, -0.2) is 39.9 Å². The molecule has 0 saturated carbocycles. The minimum Gasteiger partial charge on any atom is -0.497 e. The van der Waals surface area contributed by atoms with E-state index in [0.29, 0.717) is 0 Å². The second-order valence-electron chi connectivity index (χ2n) is 7.09. The first-order valence-electron chi connectivity index (χ1n) is 9.77. The number of methoxy groups -OCH3 is 1. The third-order valence-electron chi connectivity index (χ3n) is 5.12. The van der Waals surface area contributed by atoms with E-state index in [9.17, 15) is 0 Å². The smallest absolute Gasteiger partial charge is 0.196 e. The van der Waals surface area contributed by atoms with Gasteiger partial charge in [-0.3, -0.25) is 9.47 Å². The number of para-hydroxylation sites is 1. The summed E-state index contributed by atoms with van der Waals surface area (Å²) in [6.07, 6.45) is 2.54. The van der Waals surface area contributed by atoms with Gasteiger partial charge in [-0.1, -0.05) is 42.1 Å². The lowest BCUT2D eigenvalue weighted by Gasteiger charge is -2.17. The predicted octanol–water partition coefficient (Wildman–Crippen LogP) is 4.73. The Morgan fingerprint density at radius 2 is 1.82 bits per heavy atom. The topological polar surface area (TPSA) is 43.2 Å². The summed E-state index contributed by atoms with van der Waals surface area (Å²) in [5, 5.41) is 10.3. The molecule has 4 rings (SSSR count). The third kappa shape index (κ3) is 4.23. The molecule has 1 fully saturated rings. The molecule has 146 valence electrons. The highest BCUT2D eigenvalue weighted by Gasteiger charge is 2.21. The molecular formula is C22H26N4OS. The normalized spacial score (nSPS) is 15.6. The van der Waals surface area contributed by atoms with Crippen LogP contribution in [0.5, 0.6) is 5.75 Å². The summed E-state index contributed by atoms with van der Waals surface area (Å²) in [4.78, 5) is 2.46. The van der Waals surface area contributed by atoms with Crippen molar-refractivity contribution in [1.29, 1.82) is 0 Å². The zero-order valence-corrected chi connectivity index (χ0v) is 17.2. The molecule has 0 aliphatic carbocycles. The Kier molecular flexibility index (Phi) is 5.98. The first-order chi connectivity index (χ1) is 13.7. The summed E-state index contributed by atoms with van der Waals surface area (Å²) in [6, 6.07) is 18.6. The molecule has 0 bridgehead atoms. The Bertz CT molecular complexity index is 906. The zero-order valence-electron chi connectivity index (χ0n) is 16.4. The number of thioether (sulfide) groups is 1. The average molecular weight is 395 g/mol. The lowest BCUT2D eigenvalue weighted by Crippen LogP contribution is -2.21. The maximum absolute atomic E-state index is 5.38. The summed E-state index contributed by atoms with van der Waals surface area (Å²) in [6.45, 7) is 5.33. The van der Waals surface area contributed by atoms with Crippen LogP contribution < -0.4 is 4.74 Å². The Morgan fingerprint density at radius 1 is 1.04 bits per heavy atom. The number of nitrogens with zero attached hydrogens (tertiary/aromatic N) is 4. The van der Waals surface area contributed by atoms with Crippen LogP contribution in [0, 0.1) is 0 Å². The molecule has 0 unspecified atom stereocenters. The van der Waals surface area contributed by atoms with E-state index in [1.807, 2.05) is 18.2 Å². The van der Waals surface area contributed by atoms with Crippen LogP contribution in [0.4, 0.5) is 0 Å². The highest BCUT2D eigenvalue weighted by molar-refractivity contribution is 7.99. The summed E-state index contributed by atoms with van der Waals surface area (Å²) in [5.41, 5.74) is 2.33. The van der Waals surface area contributed by atoms with Crippen LogP contribution in [0.1, 0.15) is 36.4 Å². The first-order valence-corrected chi connectivity index (χ1v) is 10.7. The monoisotopic (exact) mass is 394 g/mol. The maximum Gasteiger partial charge on any atom is 0.196 e. The van der Waals surface area contributed by atoms with E-state index >= 15 is 0 Å². The van der Waals surface area contributed by atoms with Crippen molar-refractivity contribution in [3.05, 3.63) is 66.0 Å². The molecule has 0 radical (unpaired) electrons. The average Bonchev–Trinajstić information content (AvgIpc) is 3.39. The molecule has 5 nitrogen and oxygen atoms in total. The quantitative estimate of drug-likeness (QED) is 0.542. The van der Waals surface area contributed by atoms with E-state index in [2.05, 4.69) is 63.0 Å². The van der Waals surface area contributed by atoms with Crippen molar-refractivity contribution in [3.63, 3.8) is 0 Å². The fourth-order valence-electron chi connectivity index (χ4n) is 3.58. The van der Waals surface area contributed by atoms with Crippen molar-refractivity contribution in [2.75, 3.05) is 20.2 Å². The van der Waals surface area contributed by atoms with Crippen LogP contribution in [0.25, 0.3) is 5.69 Å². The van der Waals surface area contributed by atoms with Crippen molar-refractivity contribution >= 4 is 11.8 Å². The molecule has 0 N–H and O–H groups in total. The van der Waals surface area contributed by atoms with Crippen molar-refractivity contribution in [1.82, 2.24) is 19.7 Å². The molecule has 1 saturated heterocycles. The predicted molar refractivity (Wildman–Crippen MR) is 113 cm³/mol. The molecule has 0 spiro atoms. The highest BCUT2D eigenvalue weighted by Crippen LogP contribution is 2.36. The number of ether oxygens (including phenoxy) is 1. The molecule has 28 heavy (non-hydrogen) atoms. The molecular weight excluding hydrogens is 368 g/mol. The maximum atomic E-state index is 5.38. The summed E-state index contributed by atoms with van der Waals surface area (Å²) in [5.74, 6) is 1.89. The van der Waals surface area contributed by atoms with Gasteiger partial charge in [-0.15, -0.1) is 10.2 Å². The SMILES string of the molecule is COc1cccc([C@@H](C)Sc2nnc(CN3CCCC3)n2-c2ccccc2)c1. The number of rotatable bonds is 7. The summed E-state index contributed by atoms with van der Waals surface area (Å²) in [7, 11) is 1.70. The van der Waals surface area contributed by atoms with Gasteiger partial charge in [0.05, 0.1) is 13.7 Å². The third-order valence-corrected chi connectivity index (χ3v) is 6.22. The standard InChI is InChI=1S/C22H26N4OS/c1-17(18-9-8-12-20(15-18)27-2)28-22-24-23-21(16-25-13-6-7-14-25)26(22)19-10-4-3-5-11-19/h3-5,8-12,15,17H,6-7,13-14,16H2,1-2H3/t17-/m1/s1. The second-order valence-corrected chi connectivity index (χ2v) is 8.40. The van der Waals surface area contributed by atoms with E-state index < -0.39 is 0 Å². The molecule has 3 aromatic rings. The largest absolute Gasteiger partial charge is 0.497 e. The molecule has 1 aliphatic rings. The second kappa shape index (κ2) is 8.80. The highest BCUT2D eigenvalue weighted by atomic mass is 32.2. The van der Waals surface area contributed by atoms with Gasteiger partial charge in [-0.05, 0) is 62.7 Å². The minimum absolute atomic E-state index is 0.237. The minimum atomic E-state index is 0.237. The zero-order chi connectivity index (χ0) is 19.3. The molecule has 0 amide bonds. The Balaban J connectivity index is 1.63. The molecule has 1 aliphatic heterocycles. The summed E-state index contributed by atoms with van der Waals surface area (Å²) >= 11 is 1.73. The van der Waals surface area contributed by atoms with Crippen LogP contribution in [0.2, 0.25) is 0 Å². The van der Waals surface area contributed by atoms with Crippen molar-refractivity contribution in [3.8, 4) is 11.4 Å². The van der Waals surface area contributed by atoms with Crippen LogP contribution in [-0.2, 0) is 6.54 Å². The van der Waals surface area contributed by atoms with Gasteiger partial charge < -0.3 is 4.74 Å². The first kappa shape index (κ1) is 19.0. The number of hydrogen-bond acceptors (Lipinski definition) is 5. The van der Waals surface area contributed by atoms with Crippen molar-refractivity contribution in [2.24, 2.45) is 0 Å². The molecule has 6 heteroatoms. The van der Waals surface area contributed by atoms with Crippen LogP contribution in [0.15, 0.2) is 59.8 Å². The lowest BCUT2D eigenvalue weighted by atomic mass is 10.1. The number of benzene rings is 2. The molecule has 1 aromatic heterocycles. The van der Waals surface area contributed by atoms with E-state index in [-0.39, 0.29) is 5.25 Å². The fourth-order valence-corrected chi connectivity index (χ4v) is 4.58. The van der Waals surface area contributed by atoms with Gasteiger partial charge in [0.25, 0.3) is 0 Å². The van der Waals surface area contributed by atoms with Gasteiger partial charge in [0.1, 0.15) is 5.75 Å². The Morgan fingerprint density at radius 3 is 2.57 bits per heavy atom. The molecule has 2 heterocycles. The van der Waals surface area contributed by atoms with E-state index in [1.54, 1.807) is 18.9 Å². The fraction of sp³-hybridized carbons (Fsp3) is 0.364. The van der Waals surface area contributed by atoms with E-state index in [1.165, 1.54) is 18.4 Å². The number of likely N-dealkylation sites (tertiary alicyclic amines) is 1. The van der Waals surface area contributed by atoms with Gasteiger partial charge in [-0.25, -0.2) is 0 Å². The number of hydrogen-bond donors (Lipinski definition) is 0. The Hall–Kier alpha value is -2.31. The van der Waals surface area contributed by atoms with Crippen LogP contribution in [0.3, 0.4) is 0 Å². The van der Waals surface area contributed by atoms with E-state index in [0.717, 1.165) is 42.1 Å². The van der Waals surface area contributed by atoms with Crippen molar-refractivity contribution < 1.29 is 4.74 Å². The molecule has 1 atom stereocenters. The molecule has 2 aromatic carbocycles. The van der Waals surface area contributed by atoms with Crippen molar-refractivity contribution in [2.45, 2.75) is 36.7 Å². The van der Waals surface area contributed by atoms with Gasteiger partial charge in [-0.2, -0.15) is 0 Å². The van der Waals surface area contributed by atoms with Gasteiger partial charge >= 0.3 is 0 Å².